The van der Waals surface area contributed by atoms with Gasteiger partial charge in [0.05, 0.1) is 0 Å². The summed E-state index contributed by atoms with van der Waals surface area (Å²) in [5, 5.41) is 4.75. The van der Waals surface area contributed by atoms with E-state index in [9.17, 15) is 23.2 Å². The summed E-state index contributed by atoms with van der Waals surface area (Å²) >= 11 is 0. The van der Waals surface area contributed by atoms with E-state index < -0.39 is 35.4 Å². The Morgan fingerprint density at radius 3 is 2.16 bits per heavy atom. The lowest BCUT2D eigenvalue weighted by atomic mass is 10.1. The Morgan fingerprint density at radius 1 is 0.906 bits per heavy atom. The zero-order chi connectivity index (χ0) is 23.1. The fourth-order valence-corrected chi connectivity index (χ4v) is 3.29. The van der Waals surface area contributed by atoms with Gasteiger partial charge in [0.15, 0.2) is 0 Å². The van der Waals surface area contributed by atoms with Crippen molar-refractivity contribution >= 4 is 11.8 Å². The Labute approximate surface area is 183 Å². The molecule has 3 aromatic rings. The van der Waals surface area contributed by atoms with Gasteiger partial charge < -0.3 is 15.2 Å². The maximum absolute atomic E-state index is 13.8. The van der Waals surface area contributed by atoms with Crippen molar-refractivity contribution in [1.82, 2.24) is 15.2 Å². The SMILES string of the molecule is CNC(=O)c1cn(CCCc2ccccc2)cc(C(=O)NCc2c(F)cccc2F)c1=O. The number of benzene rings is 2. The topological polar surface area (TPSA) is 80.2 Å². The number of pyridine rings is 1. The molecule has 0 aliphatic rings. The number of hydrogen-bond acceptors (Lipinski definition) is 3. The monoisotopic (exact) mass is 439 g/mol. The predicted molar refractivity (Wildman–Crippen MR) is 116 cm³/mol. The zero-order valence-electron chi connectivity index (χ0n) is 17.5. The van der Waals surface area contributed by atoms with Gasteiger partial charge in [-0.1, -0.05) is 36.4 Å². The summed E-state index contributed by atoms with van der Waals surface area (Å²) in [4.78, 5) is 37.6. The number of carbonyl (C=O) groups excluding carboxylic acids is 2. The number of rotatable bonds is 8. The highest BCUT2D eigenvalue weighted by Gasteiger charge is 2.19. The van der Waals surface area contributed by atoms with Crippen LogP contribution in [-0.4, -0.2) is 23.4 Å². The van der Waals surface area contributed by atoms with Crippen molar-refractivity contribution < 1.29 is 18.4 Å². The van der Waals surface area contributed by atoms with Crippen molar-refractivity contribution in [1.29, 1.82) is 0 Å². The average molecular weight is 439 g/mol. The first-order chi connectivity index (χ1) is 15.4. The molecule has 1 aromatic heterocycles. The molecule has 0 unspecified atom stereocenters. The lowest BCUT2D eigenvalue weighted by Crippen LogP contribution is -2.34. The van der Waals surface area contributed by atoms with E-state index in [2.05, 4.69) is 10.6 Å². The highest BCUT2D eigenvalue weighted by Crippen LogP contribution is 2.12. The lowest BCUT2D eigenvalue weighted by Gasteiger charge is -2.12. The summed E-state index contributed by atoms with van der Waals surface area (Å²) in [5.41, 5.74) is -0.383. The van der Waals surface area contributed by atoms with Crippen LogP contribution in [0.3, 0.4) is 0 Å². The second kappa shape index (κ2) is 10.5. The van der Waals surface area contributed by atoms with Crippen LogP contribution in [0.4, 0.5) is 8.78 Å². The van der Waals surface area contributed by atoms with E-state index in [4.69, 9.17) is 0 Å². The third-order valence-corrected chi connectivity index (χ3v) is 5.01. The Morgan fingerprint density at radius 2 is 1.53 bits per heavy atom. The normalized spacial score (nSPS) is 10.6. The number of nitrogens with zero attached hydrogens (tertiary/aromatic N) is 1. The van der Waals surface area contributed by atoms with Crippen molar-refractivity contribution in [3.8, 4) is 0 Å². The van der Waals surface area contributed by atoms with Gasteiger partial charge in [0.2, 0.25) is 5.43 Å². The van der Waals surface area contributed by atoms with Gasteiger partial charge in [-0.2, -0.15) is 0 Å². The summed E-state index contributed by atoms with van der Waals surface area (Å²) in [5.74, 6) is -3.05. The Kier molecular flexibility index (Phi) is 7.49. The van der Waals surface area contributed by atoms with Crippen molar-refractivity contribution in [2.24, 2.45) is 0 Å². The minimum Gasteiger partial charge on any atom is -0.355 e. The van der Waals surface area contributed by atoms with Crippen LogP contribution in [0.2, 0.25) is 0 Å². The Balaban J connectivity index is 1.81. The van der Waals surface area contributed by atoms with Crippen molar-refractivity contribution in [3.63, 3.8) is 0 Å². The molecular formula is C24H23F2N3O3. The molecule has 32 heavy (non-hydrogen) atoms. The van der Waals surface area contributed by atoms with Gasteiger partial charge >= 0.3 is 0 Å². The molecule has 2 amide bonds. The van der Waals surface area contributed by atoms with E-state index in [0.717, 1.165) is 24.1 Å². The van der Waals surface area contributed by atoms with Crippen LogP contribution in [0.5, 0.6) is 0 Å². The number of carbonyl (C=O) groups is 2. The summed E-state index contributed by atoms with van der Waals surface area (Å²) in [6.45, 7) is 0.0242. The molecule has 166 valence electrons. The van der Waals surface area contributed by atoms with Crippen LogP contribution in [0.25, 0.3) is 0 Å². The number of nitrogens with one attached hydrogen (secondary N) is 2. The third kappa shape index (κ3) is 5.46. The van der Waals surface area contributed by atoms with Crippen LogP contribution >= 0.6 is 0 Å². The molecule has 0 saturated carbocycles. The molecule has 2 N–H and O–H groups in total. The first-order valence-electron chi connectivity index (χ1n) is 10.1. The second-order valence-electron chi connectivity index (χ2n) is 7.20. The predicted octanol–water partition coefficient (Wildman–Crippen LogP) is 3.05. The fourth-order valence-electron chi connectivity index (χ4n) is 3.29. The van der Waals surface area contributed by atoms with Gasteiger partial charge in [-0.25, -0.2) is 8.78 Å². The molecule has 0 bridgehead atoms. The van der Waals surface area contributed by atoms with E-state index in [-0.39, 0.29) is 16.7 Å². The molecule has 1 heterocycles. The van der Waals surface area contributed by atoms with Crippen molar-refractivity contribution in [2.45, 2.75) is 25.9 Å². The van der Waals surface area contributed by atoms with Gasteiger partial charge in [0.25, 0.3) is 11.8 Å². The molecule has 0 saturated heterocycles. The molecule has 0 aliphatic heterocycles. The molecular weight excluding hydrogens is 416 g/mol. The molecule has 0 radical (unpaired) electrons. The Hall–Kier alpha value is -3.81. The quantitative estimate of drug-likeness (QED) is 0.566. The largest absolute Gasteiger partial charge is 0.355 e. The molecule has 0 aliphatic carbocycles. The highest BCUT2D eigenvalue weighted by molar-refractivity contribution is 5.99. The smallest absolute Gasteiger partial charge is 0.257 e. The average Bonchev–Trinajstić information content (AvgIpc) is 2.79. The first kappa shape index (κ1) is 22.9. The van der Waals surface area contributed by atoms with Gasteiger partial charge in [-0.05, 0) is 30.5 Å². The second-order valence-corrected chi connectivity index (χ2v) is 7.20. The maximum Gasteiger partial charge on any atom is 0.257 e. The minimum absolute atomic E-state index is 0.183. The molecule has 0 atom stereocenters. The van der Waals surface area contributed by atoms with E-state index in [1.54, 1.807) is 4.57 Å². The van der Waals surface area contributed by atoms with E-state index in [1.807, 2.05) is 30.3 Å². The van der Waals surface area contributed by atoms with Gasteiger partial charge in [0.1, 0.15) is 22.8 Å². The van der Waals surface area contributed by atoms with Gasteiger partial charge in [-0.15, -0.1) is 0 Å². The van der Waals surface area contributed by atoms with Crippen LogP contribution in [-0.2, 0) is 19.5 Å². The number of hydrogen-bond donors (Lipinski definition) is 2. The van der Waals surface area contributed by atoms with E-state index in [1.165, 1.54) is 25.5 Å². The molecule has 6 nitrogen and oxygen atoms in total. The molecule has 2 aromatic carbocycles. The zero-order valence-corrected chi connectivity index (χ0v) is 17.5. The van der Waals surface area contributed by atoms with E-state index >= 15 is 0 Å². The number of aryl methyl sites for hydroxylation is 2. The van der Waals surface area contributed by atoms with Crippen LogP contribution in [0.15, 0.2) is 65.7 Å². The summed E-state index contributed by atoms with van der Waals surface area (Å²) in [6.07, 6.45) is 4.24. The molecule has 3 rings (SSSR count). The van der Waals surface area contributed by atoms with Crippen LogP contribution in [0, 0.1) is 11.6 Å². The maximum atomic E-state index is 13.8. The number of aromatic nitrogens is 1. The fraction of sp³-hybridized carbons (Fsp3) is 0.208. The Bertz CT molecular complexity index is 1160. The van der Waals surface area contributed by atoms with Crippen molar-refractivity contribution in [3.05, 3.63) is 105 Å². The molecule has 8 heteroatoms. The van der Waals surface area contributed by atoms with Crippen LogP contribution < -0.4 is 16.1 Å². The standard InChI is InChI=1S/C24H23F2N3O3/c1-27-23(31)18-14-29(12-6-9-16-7-3-2-4-8-16)15-19(22(18)30)24(32)28-13-17-20(25)10-5-11-21(17)26/h2-5,7-8,10-11,14-15H,6,9,12-13H2,1H3,(H,27,31)(H,28,32). The number of halogens is 2. The lowest BCUT2D eigenvalue weighted by molar-refractivity contribution is 0.0948. The molecule has 0 spiro atoms. The van der Waals surface area contributed by atoms with Gasteiger partial charge in [0, 0.05) is 38.1 Å². The first-order valence-corrected chi connectivity index (χ1v) is 10.1. The minimum atomic E-state index is -0.819. The van der Waals surface area contributed by atoms with Gasteiger partial charge in [-0.3, -0.25) is 14.4 Å². The summed E-state index contributed by atoms with van der Waals surface area (Å²) in [7, 11) is 1.38. The number of amides is 2. The summed E-state index contributed by atoms with van der Waals surface area (Å²) in [6, 6.07) is 13.2. The van der Waals surface area contributed by atoms with Crippen molar-refractivity contribution in [2.75, 3.05) is 7.05 Å². The molecule has 0 fully saturated rings. The van der Waals surface area contributed by atoms with E-state index in [0.29, 0.717) is 13.0 Å². The highest BCUT2D eigenvalue weighted by atomic mass is 19.1. The third-order valence-electron chi connectivity index (χ3n) is 5.01. The van der Waals surface area contributed by atoms with Crippen LogP contribution in [0.1, 0.15) is 38.3 Å². The summed E-state index contributed by atoms with van der Waals surface area (Å²) < 4.78 is 29.3.